The quantitative estimate of drug-likeness (QED) is 0.270. The third-order valence-corrected chi connectivity index (χ3v) is 3.13. The van der Waals surface area contributed by atoms with Crippen molar-refractivity contribution in [2.75, 3.05) is 0 Å². The van der Waals surface area contributed by atoms with Crippen LogP contribution in [-0.4, -0.2) is 10.9 Å². The molecule has 0 radical (unpaired) electrons. The first kappa shape index (κ1) is 16.0. The fourth-order valence-electron chi connectivity index (χ4n) is 1.61. The lowest BCUT2D eigenvalue weighted by Crippen LogP contribution is -2.04. The van der Waals surface area contributed by atoms with E-state index in [2.05, 4.69) is 0 Å². The van der Waals surface area contributed by atoms with Crippen molar-refractivity contribution in [1.82, 2.24) is 0 Å². The highest BCUT2D eigenvalue weighted by Crippen LogP contribution is 2.27. The summed E-state index contributed by atoms with van der Waals surface area (Å²) < 4.78 is 5.05. The molecule has 5 nitrogen and oxygen atoms in total. The van der Waals surface area contributed by atoms with E-state index in [9.17, 15) is 14.9 Å². The van der Waals surface area contributed by atoms with Gasteiger partial charge in [-0.2, -0.15) is 0 Å². The summed E-state index contributed by atoms with van der Waals surface area (Å²) in [6.07, 6.45) is 2.57. The predicted octanol–water partition coefficient (Wildman–Crippen LogP) is 4.52. The van der Waals surface area contributed by atoms with Crippen molar-refractivity contribution in [2.45, 2.75) is 0 Å². The van der Waals surface area contributed by atoms with Crippen molar-refractivity contribution in [3.8, 4) is 5.75 Å². The number of esters is 1. The van der Waals surface area contributed by atoms with Crippen LogP contribution in [0.4, 0.5) is 5.69 Å². The predicted molar refractivity (Wildman–Crippen MR) is 84.2 cm³/mol. The molecule has 0 amide bonds. The van der Waals surface area contributed by atoms with Crippen LogP contribution in [0.25, 0.3) is 6.08 Å². The fraction of sp³-hybridized carbons (Fsp3) is 0. The van der Waals surface area contributed by atoms with Gasteiger partial charge in [0.15, 0.2) is 0 Å². The Hall–Kier alpha value is -2.37. The number of non-ortho nitro benzene ring substituents is 1. The minimum Gasteiger partial charge on any atom is -0.422 e. The van der Waals surface area contributed by atoms with Gasteiger partial charge in [0.2, 0.25) is 0 Å². The smallest absolute Gasteiger partial charge is 0.336 e. The van der Waals surface area contributed by atoms with E-state index in [1.54, 1.807) is 12.1 Å². The minimum atomic E-state index is -0.657. The summed E-state index contributed by atoms with van der Waals surface area (Å²) in [7, 11) is 0. The largest absolute Gasteiger partial charge is 0.422 e. The molecular formula is C15H9Cl2NO4. The topological polar surface area (TPSA) is 69.4 Å². The summed E-state index contributed by atoms with van der Waals surface area (Å²) in [5, 5.41) is 11.3. The maximum Gasteiger partial charge on any atom is 0.336 e. The van der Waals surface area contributed by atoms with Crippen molar-refractivity contribution in [3.05, 3.63) is 74.3 Å². The minimum absolute atomic E-state index is 0.0590. The lowest BCUT2D eigenvalue weighted by Gasteiger charge is -2.03. The Bertz CT molecular complexity index is 759. The Labute approximate surface area is 135 Å². The maximum absolute atomic E-state index is 11.7. The van der Waals surface area contributed by atoms with Crippen molar-refractivity contribution >= 4 is 40.9 Å². The summed E-state index contributed by atoms with van der Waals surface area (Å²) in [6.45, 7) is 0. The van der Waals surface area contributed by atoms with Gasteiger partial charge in [-0.3, -0.25) is 10.1 Å². The number of nitrogens with zero attached hydrogens (tertiary/aromatic N) is 1. The lowest BCUT2D eigenvalue weighted by molar-refractivity contribution is -0.384. The Kier molecular flexibility index (Phi) is 5.14. The number of hydrogen-bond acceptors (Lipinski definition) is 4. The molecule has 0 unspecified atom stereocenters. The molecule has 0 heterocycles. The molecule has 0 bridgehead atoms. The summed E-state index contributed by atoms with van der Waals surface area (Å²) in [6, 6.07) is 10.3. The zero-order valence-corrected chi connectivity index (χ0v) is 12.5. The van der Waals surface area contributed by atoms with Gasteiger partial charge in [0.1, 0.15) is 5.75 Å². The molecule has 0 fully saturated rings. The van der Waals surface area contributed by atoms with E-state index >= 15 is 0 Å². The van der Waals surface area contributed by atoms with Crippen LogP contribution >= 0.6 is 23.2 Å². The zero-order valence-electron chi connectivity index (χ0n) is 11.0. The highest BCUT2D eigenvalue weighted by molar-refractivity contribution is 6.35. The number of carbonyl (C=O) groups is 1. The second kappa shape index (κ2) is 7.06. The van der Waals surface area contributed by atoms with E-state index in [-0.39, 0.29) is 16.5 Å². The Balaban J connectivity index is 2.08. The van der Waals surface area contributed by atoms with Crippen LogP contribution in [-0.2, 0) is 4.79 Å². The SMILES string of the molecule is O=C(/C=C/c1cccc([N+](=O)[O-])c1)Oc1ccc(Cl)cc1Cl. The first-order valence-electron chi connectivity index (χ1n) is 6.05. The van der Waals surface area contributed by atoms with E-state index in [1.165, 1.54) is 36.4 Å². The molecule has 0 aliphatic heterocycles. The number of benzene rings is 2. The van der Waals surface area contributed by atoms with Gasteiger partial charge in [0.05, 0.1) is 9.95 Å². The van der Waals surface area contributed by atoms with Gasteiger partial charge in [0.25, 0.3) is 5.69 Å². The fourth-order valence-corrected chi connectivity index (χ4v) is 2.05. The highest BCUT2D eigenvalue weighted by atomic mass is 35.5. The third-order valence-electron chi connectivity index (χ3n) is 2.60. The lowest BCUT2D eigenvalue weighted by atomic mass is 10.2. The van der Waals surface area contributed by atoms with Crippen LogP contribution < -0.4 is 4.74 Å². The highest BCUT2D eigenvalue weighted by Gasteiger charge is 2.07. The number of nitro benzene ring substituents is 1. The first-order chi connectivity index (χ1) is 10.5. The van der Waals surface area contributed by atoms with E-state index in [1.807, 2.05) is 0 Å². The van der Waals surface area contributed by atoms with Gasteiger partial charge in [-0.1, -0.05) is 35.3 Å². The molecule has 0 aliphatic carbocycles. The standard InChI is InChI=1S/C15H9Cl2NO4/c16-11-5-6-14(13(17)9-11)22-15(19)7-4-10-2-1-3-12(8-10)18(20)21/h1-9H/b7-4+. The molecule has 0 aliphatic rings. The number of rotatable bonds is 4. The molecule has 112 valence electrons. The second-order valence-corrected chi connectivity index (χ2v) is 5.02. The average Bonchev–Trinajstić information content (AvgIpc) is 2.48. The molecule has 22 heavy (non-hydrogen) atoms. The van der Waals surface area contributed by atoms with Crippen molar-refractivity contribution in [3.63, 3.8) is 0 Å². The van der Waals surface area contributed by atoms with Gasteiger partial charge < -0.3 is 4.74 Å². The molecule has 0 aromatic heterocycles. The number of carbonyl (C=O) groups excluding carboxylic acids is 1. The summed E-state index contributed by atoms with van der Waals surface area (Å²) in [5.74, 6) is -0.476. The first-order valence-corrected chi connectivity index (χ1v) is 6.81. The molecule has 7 heteroatoms. The van der Waals surface area contributed by atoms with Crippen LogP contribution in [0.5, 0.6) is 5.75 Å². The summed E-state index contributed by atoms with van der Waals surface area (Å²) in [5.41, 5.74) is 0.449. The van der Waals surface area contributed by atoms with E-state index in [0.29, 0.717) is 10.6 Å². The Morgan fingerprint density at radius 2 is 1.95 bits per heavy atom. The molecule has 2 aromatic carbocycles. The van der Waals surface area contributed by atoms with Crippen LogP contribution in [0.3, 0.4) is 0 Å². The number of ether oxygens (including phenoxy) is 1. The number of hydrogen-bond donors (Lipinski definition) is 0. The van der Waals surface area contributed by atoms with E-state index < -0.39 is 10.9 Å². The van der Waals surface area contributed by atoms with Crippen LogP contribution in [0, 0.1) is 10.1 Å². The van der Waals surface area contributed by atoms with Crippen molar-refractivity contribution in [2.24, 2.45) is 0 Å². The summed E-state index contributed by atoms with van der Waals surface area (Å²) >= 11 is 11.6. The third kappa shape index (κ3) is 4.31. The molecule has 0 N–H and O–H groups in total. The average molecular weight is 338 g/mol. The van der Waals surface area contributed by atoms with E-state index in [0.717, 1.165) is 6.08 Å². The number of nitro groups is 1. The normalized spacial score (nSPS) is 10.6. The maximum atomic E-state index is 11.7. The molecule has 0 atom stereocenters. The molecular weight excluding hydrogens is 329 g/mol. The van der Waals surface area contributed by atoms with Crippen LogP contribution in [0.1, 0.15) is 5.56 Å². The zero-order chi connectivity index (χ0) is 16.1. The van der Waals surface area contributed by atoms with Gasteiger partial charge in [0, 0.05) is 23.2 Å². The molecule has 0 saturated carbocycles. The monoisotopic (exact) mass is 337 g/mol. The molecule has 0 spiro atoms. The van der Waals surface area contributed by atoms with Gasteiger partial charge in [-0.15, -0.1) is 0 Å². The van der Waals surface area contributed by atoms with Crippen LogP contribution in [0.2, 0.25) is 10.0 Å². The van der Waals surface area contributed by atoms with Crippen LogP contribution in [0.15, 0.2) is 48.5 Å². The number of halogens is 2. The Morgan fingerprint density at radius 3 is 2.64 bits per heavy atom. The molecule has 2 rings (SSSR count). The van der Waals surface area contributed by atoms with Gasteiger partial charge >= 0.3 is 5.97 Å². The van der Waals surface area contributed by atoms with Crippen molar-refractivity contribution < 1.29 is 14.5 Å². The Morgan fingerprint density at radius 1 is 1.18 bits per heavy atom. The van der Waals surface area contributed by atoms with Gasteiger partial charge in [-0.05, 0) is 29.8 Å². The molecule has 2 aromatic rings. The van der Waals surface area contributed by atoms with E-state index in [4.69, 9.17) is 27.9 Å². The summed E-state index contributed by atoms with van der Waals surface area (Å²) in [4.78, 5) is 21.9. The van der Waals surface area contributed by atoms with Gasteiger partial charge in [-0.25, -0.2) is 4.79 Å². The van der Waals surface area contributed by atoms with Crippen molar-refractivity contribution in [1.29, 1.82) is 0 Å². The molecule has 0 saturated heterocycles. The second-order valence-electron chi connectivity index (χ2n) is 4.18.